The van der Waals surface area contributed by atoms with Crippen molar-refractivity contribution in [1.82, 2.24) is 5.32 Å². The summed E-state index contributed by atoms with van der Waals surface area (Å²) in [6, 6.07) is 18.0. The number of rotatable bonds is 6. The fourth-order valence-electron chi connectivity index (χ4n) is 2.57. The first-order valence-electron chi connectivity index (χ1n) is 7.51. The van der Waals surface area contributed by atoms with Gasteiger partial charge in [0.2, 0.25) is 0 Å². The molecule has 0 bridgehead atoms. The van der Waals surface area contributed by atoms with Crippen LogP contribution >= 0.6 is 11.8 Å². The third kappa shape index (κ3) is 4.62. The Labute approximate surface area is 133 Å². The van der Waals surface area contributed by atoms with Crippen molar-refractivity contribution in [1.29, 1.82) is 0 Å². The molecule has 0 aliphatic rings. The summed E-state index contributed by atoms with van der Waals surface area (Å²) in [4.78, 5) is 0. The van der Waals surface area contributed by atoms with Gasteiger partial charge in [-0.3, -0.25) is 0 Å². The maximum Gasteiger partial charge on any atom is 0.0435 e. The van der Waals surface area contributed by atoms with E-state index < -0.39 is 0 Å². The minimum atomic E-state index is 0.389. The Morgan fingerprint density at radius 1 is 1.00 bits per heavy atom. The van der Waals surface area contributed by atoms with Crippen LogP contribution in [-0.2, 0) is 5.75 Å². The second-order valence-corrected chi connectivity index (χ2v) is 7.05. The lowest BCUT2D eigenvalue weighted by atomic mass is 10.0. The van der Waals surface area contributed by atoms with Gasteiger partial charge in [0.1, 0.15) is 0 Å². The van der Waals surface area contributed by atoms with Crippen LogP contribution in [0.3, 0.4) is 0 Å². The van der Waals surface area contributed by atoms with E-state index >= 15 is 0 Å². The topological polar surface area (TPSA) is 12.0 Å². The molecule has 2 aromatic carbocycles. The molecule has 2 unspecified atom stereocenters. The summed E-state index contributed by atoms with van der Waals surface area (Å²) in [5.74, 6) is 1.06. The summed E-state index contributed by atoms with van der Waals surface area (Å²) >= 11 is 2.01. The lowest BCUT2D eigenvalue weighted by molar-refractivity contribution is 0.589. The molecule has 0 heterocycles. The van der Waals surface area contributed by atoms with Crippen molar-refractivity contribution in [2.24, 2.45) is 0 Å². The van der Waals surface area contributed by atoms with Gasteiger partial charge in [0.25, 0.3) is 0 Å². The summed E-state index contributed by atoms with van der Waals surface area (Å²) in [5, 5.41) is 3.99. The fourth-order valence-corrected chi connectivity index (χ4v) is 3.69. The molecule has 2 aromatic rings. The fraction of sp³-hybridized carbons (Fsp3) is 0.368. The summed E-state index contributed by atoms with van der Waals surface area (Å²) in [5.41, 5.74) is 5.43. The molecule has 0 amide bonds. The first-order chi connectivity index (χ1) is 10.1. The second-order valence-electron chi connectivity index (χ2n) is 5.68. The Kier molecular flexibility index (Phi) is 5.89. The van der Waals surface area contributed by atoms with Crippen LogP contribution in [0.1, 0.15) is 35.2 Å². The molecule has 0 radical (unpaired) electrons. The summed E-state index contributed by atoms with van der Waals surface area (Å²) in [6.07, 6.45) is 0. The molecular formula is C19H25NS. The van der Waals surface area contributed by atoms with Crippen LogP contribution < -0.4 is 5.32 Å². The van der Waals surface area contributed by atoms with E-state index in [0.717, 1.165) is 5.75 Å². The Morgan fingerprint density at radius 3 is 2.33 bits per heavy atom. The largest absolute Gasteiger partial charge is 0.312 e. The quantitative estimate of drug-likeness (QED) is 0.815. The van der Waals surface area contributed by atoms with Crippen molar-refractivity contribution >= 4 is 11.8 Å². The summed E-state index contributed by atoms with van der Waals surface area (Å²) in [7, 11) is 2.05. The average Bonchev–Trinajstić information content (AvgIpc) is 2.48. The van der Waals surface area contributed by atoms with Crippen molar-refractivity contribution in [3.05, 3.63) is 70.8 Å². The number of nitrogens with one attached hydrogen (secondary N) is 1. The number of thioether (sulfide) groups is 1. The van der Waals surface area contributed by atoms with E-state index in [9.17, 15) is 0 Å². The van der Waals surface area contributed by atoms with Crippen LogP contribution in [0.4, 0.5) is 0 Å². The highest BCUT2D eigenvalue weighted by Gasteiger charge is 2.17. The number of benzene rings is 2. The van der Waals surface area contributed by atoms with Crippen LogP contribution in [0.2, 0.25) is 0 Å². The molecule has 0 aliphatic heterocycles. The molecule has 21 heavy (non-hydrogen) atoms. The number of aryl methyl sites for hydroxylation is 2. The van der Waals surface area contributed by atoms with E-state index in [1.54, 1.807) is 0 Å². The van der Waals surface area contributed by atoms with Crippen molar-refractivity contribution in [2.75, 3.05) is 7.05 Å². The third-order valence-corrected chi connectivity index (χ3v) is 5.11. The van der Waals surface area contributed by atoms with E-state index in [-0.39, 0.29) is 0 Å². The van der Waals surface area contributed by atoms with E-state index in [4.69, 9.17) is 0 Å². The number of hydrogen-bond donors (Lipinski definition) is 1. The van der Waals surface area contributed by atoms with E-state index in [1.807, 2.05) is 18.8 Å². The van der Waals surface area contributed by atoms with Crippen molar-refractivity contribution in [2.45, 2.75) is 37.8 Å². The van der Waals surface area contributed by atoms with Gasteiger partial charge in [0.15, 0.2) is 0 Å². The van der Waals surface area contributed by atoms with Gasteiger partial charge in [0.05, 0.1) is 0 Å². The predicted molar refractivity (Wildman–Crippen MR) is 94.9 cm³/mol. The molecule has 2 heteroatoms. The van der Waals surface area contributed by atoms with Crippen LogP contribution in [-0.4, -0.2) is 12.3 Å². The maximum atomic E-state index is 3.46. The number of hydrogen-bond acceptors (Lipinski definition) is 2. The minimum Gasteiger partial charge on any atom is -0.312 e. The normalized spacial score (nSPS) is 13.9. The van der Waals surface area contributed by atoms with Crippen LogP contribution in [0, 0.1) is 13.8 Å². The molecule has 0 aromatic heterocycles. The standard InChI is InChI=1S/C19H25NS/c1-14-8-10-18(11-9-14)19(20-4)16(3)21-13-17-7-5-6-15(2)12-17/h5-12,16,19-20H,13H2,1-4H3. The molecule has 0 spiro atoms. The van der Waals surface area contributed by atoms with Crippen LogP contribution in [0.15, 0.2) is 48.5 Å². The highest BCUT2D eigenvalue weighted by molar-refractivity contribution is 7.99. The Balaban J connectivity index is 2.00. The Morgan fingerprint density at radius 2 is 1.71 bits per heavy atom. The molecule has 0 aliphatic carbocycles. The van der Waals surface area contributed by atoms with E-state index in [0.29, 0.717) is 11.3 Å². The Bertz CT molecular complexity index is 562. The zero-order chi connectivity index (χ0) is 15.2. The van der Waals surface area contributed by atoms with Gasteiger partial charge in [-0.05, 0) is 32.0 Å². The van der Waals surface area contributed by atoms with Gasteiger partial charge in [-0.15, -0.1) is 0 Å². The van der Waals surface area contributed by atoms with Gasteiger partial charge < -0.3 is 5.32 Å². The minimum absolute atomic E-state index is 0.389. The average molecular weight is 299 g/mol. The molecule has 2 atom stereocenters. The molecular weight excluding hydrogens is 274 g/mol. The highest BCUT2D eigenvalue weighted by atomic mass is 32.2. The van der Waals surface area contributed by atoms with Crippen molar-refractivity contribution in [3.8, 4) is 0 Å². The molecule has 112 valence electrons. The monoisotopic (exact) mass is 299 g/mol. The predicted octanol–water partition coefficient (Wildman–Crippen LogP) is 4.89. The summed E-state index contributed by atoms with van der Waals surface area (Å²) < 4.78 is 0. The second kappa shape index (κ2) is 7.67. The first-order valence-corrected chi connectivity index (χ1v) is 8.56. The van der Waals surface area contributed by atoms with Gasteiger partial charge in [-0.2, -0.15) is 11.8 Å². The zero-order valence-corrected chi connectivity index (χ0v) is 14.2. The van der Waals surface area contributed by atoms with Gasteiger partial charge in [-0.25, -0.2) is 0 Å². The molecule has 1 N–H and O–H groups in total. The lowest BCUT2D eigenvalue weighted by Crippen LogP contribution is -2.25. The smallest absolute Gasteiger partial charge is 0.0435 e. The SMILES string of the molecule is CNC(c1ccc(C)cc1)C(C)SCc1cccc(C)c1. The molecule has 1 nitrogen and oxygen atoms in total. The van der Waals surface area contributed by atoms with Crippen molar-refractivity contribution < 1.29 is 0 Å². The van der Waals surface area contributed by atoms with E-state index in [2.05, 4.69) is 74.6 Å². The van der Waals surface area contributed by atoms with Gasteiger partial charge >= 0.3 is 0 Å². The molecule has 0 saturated carbocycles. The maximum absolute atomic E-state index is 3.46. The van der Waals surface area contributed by atoms with E-state index in [1.165, 1.54) is 22.3 Å². The summed E-state index contributed by atoms with van der Waals surface area (Å²) in [6.45, 7) is 6.59. The molecule has 0 saturated heterocycles. The first kappa shape index (κ1) is 16.1. The van der Waals surface area contributed by atoms with Crippen molar-refractivity contribution in [3.63, 3.8) is 0 Å². The lowest BCUT2D eigenvalue weighted by Gasteiger charge is -2.24. The Hall–Kier alpha value is -1.25. The molecule has 2 rings (SSSR count). The highest BCUT2D eigenvalue weighted by Crippen LogP contribution is 2.29. The third-order valence-electron chi connectivity index (χ3n) is 3.81. The van der Waals surface area contributed by atoms with Gasteiger partial charge in [-0.1, -0.05) is 66.6 Å². The zero-order valence-electron chi connectivity index (χ0n) is 13.4. The van der Waals surface area contributed by atoms with Crippen LogP contribution in [0.5, 0.6) is 0 Å². The van der Waals surface area contributed by atoms with Gasteiger partial charge in [0, 0.05) is 17.0 Å². The van der Waals surface area contributed by atoms with Crippen LogP contribution in [0.25, 0.3) is 0 Å². The molecule has 0 fully saturated rings.